The van der Waals surface area contributed by atoms with Crippen LogP contribution < -0.4 is 16.0 Å². The van der Waals surface area contributed by atoms with Gasteiger partial charge in [-0.2, -0.15) is 0 Å². The third-order valence-electron chi connectivity index (χ3n) is 4.83. The number of H-pyrrole nitrogens is 1. The smallest absolute Gasteiger partial charge is 0.254 e. The molecular formula is C21H20N4O3. The van der Waals surface area contributed by atoms with Crippen molar-refractivity contribution in [3.05, 3.63) is 65.9 Å². The summed E-state index contributed by atoms with van der Waals surface area (Å²) in [5, 5.41) is 9.28. The molecule has 1 aromatic heterocycles. The summed E-state index contributed by atoms with van der Waals surface area (Å²) in [4.78, 5) is 40.1. The molecule has 1 atom stereocenters. The van der Waals surface area contributed by atoms with E-state index in [0.717, 1.165) is 16.5 Å². The standard InChI is InChI=1S/C21H20N4O3/c26-19(22-10-9-13-12-23-16-7-3-1-5-14(13)16)11-18-21(28)24-17-8-4-2-6-15(17)20(27)25-18/h1-8,12,18,23H,9-11H2,(H,22,26)(H,24,28)(H,25,27). The van der Waals surface area contributed by atoms with Crippen molar-refractivity contribution >= 4 is 34.3 Å². The van der Waals surface area contributed by atoms with Crippen LogP contribution in [-0.2, 0) is 16.0 Å². The lowest BCUT2D eigenvalue weighted by atomic mass is 10.1. The van der Waals surface area contributed by atoms with E-state index in [1.807, 2.05) is 30.5 Å². The second-order valence-electron chi connectivity index (χ2n) is 6.72. The van der Waals surface area contributed by atoms with Crippen LogP contribution in [0, 0.1) is 0 Å². The molecule has 0 bridgehead atoms. The maximum atomic E-state index is 12.4. The number of carbonyl (C=O) groups excluding carboxylic acids is 3. The number of nitrogens with one attached hydrogen (secondary N) is 4. The summed E-state index contributed by atoms with van der Waals surface area (Å²) >= 11 is 0. The number of para-hydroxylation sites is 2. The lowest BCUT2D eigenvalue weighted by molar-refractivity contribution is -0.125. The lowest BCUT2D eigenvalue weighted by Crippen LogP contribution is -2.44. The van der Waals surface area contributed by atoms with E-state index >= 15 is 0 Å². The van der Waals surface area contributed by atoms with Gasteiger partial charge in [0.05, 0.1) is 17.7 Å². The van der Waals surface area contributed by atoms with Gasteiger partial charge in [-0.15, -0.1) is 0 Å². The van der Waals surface area contributed by atoms with Gasteiger partial charge in [0, 0.05) is 23.6 Å². The molecule has 2 aromatic carbocycles. The molecule has 0 saturated carbocycles. The molecule has 0 spiro atoms. The van der Waals surface area contributed by atoms with Crippen LogP contribution in [0.4, 0.5) is 5.69 Å². The van der Waals surface area contributed by atoms with Crippen molar-refractivity contribution in [2.24, 2.45) is 0 Å². The fourth-order valence-corrected chi connectivity index (χ4v) is 3.39. The predicted molar refractivity (Wildman–Crippen MR) is 106 cm³/mol. The van der Waals surface area contributed by atoms with Crippen molar-refractivity contribution in [2.75, 3.05) is 11.9 Å². The van der Waals surface area contributed by atoms with Gasteiger partial charge < -0.3 is 20.9 Å². The Bertz CT molecular complexity index is 1060. The summed E-state index contributed by atoms with van der Waals surface area (Å²) in [5.74, 6) is -1.05. The highest BCUT2D eigenvalue weighted by atomic mass is 16.2. The first-order valence-corrected chi connectivity index (χ1v) is 9.14. The maximum absolute atomic E-state index is 12.4. The van der Waals surface area contributed by atoms with Gasteiger partial charge in [-0.05, 0) is 30.2 Å². The Kier molecular flexibility index (Phi) is 4.80. The van der Waals surface area contributed by atoms with Crippen LogP contribution in [-0.4, -0.2) is 35.3 Å². The third-order valence-corrected chi connectivity index (χ3v) is 4.83. The highest BCUT2D eigenvalue weighted by Gasteiger charge is 2.29. The summed E-state index contributed by atoms with van der Waals surface area (Å²) < 4.78 is 0. The van der Waals surface area contributed by atoms with Gasteiger partial charge in [0.2, 0.25) is 11.8 Å². The van der Waals surface area contributed by atoms with Crippen molar-refractivity contribution in [1.29, 1.82) is 0 Å². The summed E-state index contributed by atoms with van der Waals surface area (Å²) in [6.07, 6.45) is 2.50. The number of benzene rings is 2. The monoisotopic (exact) mass is 376 g/mol. The molecule has 0 aliphatic carbocycles. The fourth-order valence-electron chi connectivity index (χ4n) is 3.39. The maximum Gasteiger partial charge on any atom is 0.254 e. The Morgan fingerprint density at radius 3 is 2.71 bits per heavy atom. The molecule has 142 valence electrons. The largest absolute Gasteiger partial charge is 0.361 e. The van der Waals surface area contributed by atoms with Crippen molar-refractivity contribution in [2.45, 2.75) is 18.9 Å². The second-order valence-corrected chi connectivity index (χ2v) is 6.72. The Hall–Kier alpha value is -3.61. The minimum atomic E-state index is -0.909. The minimum absolute atomic E-state index is 0.112. The first-order chi connectivity index (χ1) is 13.6. The Balaban J connectivity index is 1.34. The van der Waals surface area contributed by atoms with Crippen LogP contribution in [0.25, 0.3) is 10.9 Å². The molecule has 7 heteroatoms. The SMILES string of the molecule is O=C(CC1NC(=O)c2ccccc2NC1=O)NCCc1c[nH]c2ccccc12. The van der Waals surface area contributed by atoms with Crippen LogP contribution >= 0.6 is 0 Å². The van der Waals surface area contributed by atoms with Gasteiger partial charge in [-0.1, -0.05) is 30.3 Å². The zero-order chi connectivity index (χ0) is 19.5. The normalized spacial score (nSPS) is 16.1. The van der Waals surface area contributed by atoms with Crippen LogP contribution in [0.5, 0.6) is 0 Å². The van der Waals surface area contributed by atoms with E-state index in [4.69, 9.17) is 0 Å². The average Bonchev–Trinajstić information content (AvgIpc) is 3.06. The van der Waals surface area contributed by atoms with E-state index in [2.05, 4.69) is 20.9 Å². The first kappa shape index (κ1) is 17.8. The highest BCUT2D eigenvalue weighted by Crippen LogP contribution is 2.19. The zero-order valence-corrected chi connectivity index (χ0v) is 15.1. The topological polar surface area (TPSA) is 103 Å². The molecule has 7 nitrogen and oxygen atoms in total. The van der Waals surface area contributed by atoms with E-state index in [0.29, 0.717) is 24.2 Å². The Morgan fingerprint density at radius 2 is 1.82 bits per heavy atom. The molecule has 1 aliphatic heterocycles. The van der Waals surface area contributed by atoms with E-state index in [1.165, 1.54) is 0 Å². The Labute approximate surface area is 161 Å². The molecular weight excluding hydrogens is 356 g/mol. The molecule has 1 unspecified atom stereocenters. The number of aromatic nitrogens is 1. The van der Waals surface area contributed by atoms with Gasteiger partial charge >= 0.3 is 0 Å². The van der Waals surface area contributed by atoms with Gasteiger partial charge in [0.1, 0.15) is 6.04 Å². The minimum Gasteiger partial charge on any atom is -0.361 e. The van der Waals surface area contributed by atoms with Gasteiger partial charge in [-0.3, -0.25) is 14.4 Å². The number of fused-ring (bicyclic) bond motifs is 2. The summed E-state index contributed by atoms with van der Waals surface area (Å²) in [5.41, 5.74) is 3.01. The first-order valence-electron chi connectivity index (χ1n) is 9.14. The van der Waals surface area contributed by atoms with E-state index in [9.17, 15) is 14.4 Å². The van der Waals surface area contributed by atoms with Gasteiger partial charge in [0.25, 0.3) is 5.91 Å². The lowest BCUT2D eigenvalue weighted by Gasteiger charge is -2.14. The predicted octanol–water partition coefficient (Wildman–Crippen LogP) is 1.97. The number of anilines is 1. The number of carbonyl (C=O) groups is 3. The molecule has 0 fully saturated rings. The number of hydrogen-bond donors (Lipinski definition) is 4. The summed E-state index contributed by atoms with van der Waals surface area (Å²) in [7, 11) is 0. The second kappa shape index (κ2) is 7.56. The molecule has 2 heterocycles. The molecule has 0 radical (unpaired) electrons. The highest BCUT2D eigenvalue weighted by molar-refractivity contribution is 6.10. The molecule has 1 aliphatic rings. The van der Waals surface area contributed by atoms with Gasteiger partial charge in [-0.25, -0.2) is 0 Å². The zero-order valence-electron chi connectivity index (χ0n) is 15.1. The third kappa shape index (κ3) is 3.59. The quantitative estimate of drug-likeness (QED) is 0.547. The molecule has 28 heavy (non-hydrogen) atoms. The van der Waals surface area contributed by atoms with E-state index in [1.54, 1.807) is 24.3 Å². The molecule has 4 rings (SSSR count). The molecule has 0 saturated heterocycles. The van der Waals surface area contributed by atoms with Crippen molar-refractivity contribution in [1.82, 2.24) is 15.6 Å². The Morgan fingerprint density at radius 1 is 1.04 bits per heavy atom. The molecule has 3 aromatic rings. The summed E-state index contributed by atoms with van der Waals surface area (Å²) in [6, 6.07) is 13.8. The van der Waals surface area contributed by atoms with Gasteiger partial charge in [0.15, 0.2) is 0 Å². The molecule has 4 N–H and O–H groups in total. The van der Waals surface area contributed by atoms with Crippen molar-refractivity contribution in [3.63, 3.8) is 0 Å². The van der Waals surface area contributed by atoms with E-state index < -0.39 is 11.9 Å². The number of amides is 3. The van der Waals surface area contributed by atoms with E-state index in [-0.39, 0.29) is 18.2 Å². The number of rotatable bonds is 5. The number of hydrogen-bond acceptors (Lipinski definition) is 3. The van der Waals surface area contributed by atoms with Crippen molar-refractivity contribution < 1.29 is 14.4 Å². The van der Waals surface area contributed by atoms with Crippen LogP contribution in [0.3, 0.4) is 0 Å². The van der Waals surface area contributed by atoms with Crippen molar-refractivity contribution in [3.8, 4) is 0 Å². The average molecular weight is 376 g/mol. The van der Waals surface area contributed by atoms with Crippen LogP contribution in [0.15, 0.2) is 54.7 Å². The molecule has 3 amide bonds. The summed E-state index contributed by atoms with van der Waals surface area (Å²) in [6.45, 7) is 0.448. The van der Waals surface area contributed by atoms with Crippen LogP contribution in [0.2, 0.25) is 0 Å². The fraction of sp³-hybridized carbons (Fsp3) is 0.190. The van der Waals surface area contributed by atoms with Crippen LogP contribution in [0.1, 0.15) is 22.3 Å². The number of aromatic amines is 1.